The van der Waals surface area contributed by atoms with Crippen LogP contribution in [0, 0.1) is 0 Å². The summed E-state index contributed by atoms with van der Waals surface area (Å²) in [6.07, 6.45) is 5.45. The second kappa shape index (κ2) is 5.19. The third kappa shape index (κ3) is 2.70. The lowest BCUT2D eigenvalue weighted by molar-refractivity contribution is 0.195. The Bertz CT molecular complexity index is 367. The van der Waals surface area contributed by atoms with E-state index in [4.69, 9.17) is 5.73 Å². The van der Waals surface area contributed by atoms with Crippen LogP contribution in [-0.4, -0.2) is 17.8 Å². The highest BCUT2D eigenvalue weighted by Gasteiger charge is 2.34. The Kier molecular flexibility index (Phi) is 3.85. The standard InChI is InChI=1S/C15H23NO/c1-12(17)9-13-5-4-6-14(10-13)15(11-16)7-2-3-8-15/h4-6,10,12,17H,2-3,7-9,11,16H2,1H3. The smallest absolute Gasteiger partial charge is 0.0552 e. The second-order valence-corrected chi connectivity index (χ2v) is 5.45. The highest BCUT2D eigenvalue weighted by Crippen LogP contribution is 2.40. The first-order chi connectivity index (χ1) is 8.16. The zero-order valence-electron chi connectivity index (χ0n) is 10.7. The molecule has 1 aromatic rings. The van der Waals surface area contributed by atoms with Crippen LogP contribution in [0.3, 0.4) is 0 Å². The van der Waals surface area contributed by atoms with Crippen molar-refractivity contribution in [3.63, 3.8) is 0 Å². The Morgan fingerprint density at radius 2 is 2.06 bits per heavy atom. The predicted octanol–water partition coefficient (Wildman–Crippen LogP) is 2.38. The SMILES string of the molecule is CC(O)Cc1cccc(C2(CN)CCCC2)c1. The molecule has 0 aromatic heterocycles. The maximum absolute atomic E-state index is 9.46. The zero-order chi connectivity index (χ0) is 12.3. The lowest BCUT2D eigenvalue weighted by atomic mass is 9.78. The van der Waals surface area contributed by atoms with Crippen LogP contribution in [0.2, 0.25) is 0 Å². The molecule has 3 N–H and O–H groups in total. The van der Waals surface area contributed by atoms with Gasteiger partial charge in [0.05, 0.1) is 6.10 Å². The van der Waals surface area contributed by atoms with E-state index in [1.165, 1.54) is 36.8 Å². The van der Waals surface area contributed by atoms with Gasteiger partial charge in [0.25, 0.3) is 0 Å². The van der Waals surface area contributed by atoms with Crippen molar-refractivity contribution in [3.05, 3.63) is 35.4 Å². The molecule has 1 saturated carbocycles. The normalized spacial score (nSPS) is 20.4. The number of aliphatic hydroxyl groups excluding tert-OH is 1. The first kappa shape index (κ1) is 12.6. The first-order valence-electron chi connectivity index (χ1n) is 6.64. The largest absolute Gasteiger partial charge is 0.393 e. The summed E-state index contributed by atoms with van der Waals surface area (Å²) in [6, 6.07) is 8.63. The van der Waals surface area contributed by atoms with E-state index in [1.807, 2.05) is 6.92 Å². The summed E-state index contributed by atoms with van der Waals surface area (Å²) in [5.74, 6) is 0. The molecule has 0 bridgehead atoms. The molecular weight excluding hydrogens is 210 g/mol. The molecule has 0 aliphatic heterocycles. The minimum atomic E-state index is -0.275. The molecule has 17 heavy (non-hydrogen) atoms. The van der Waals surface area contributed by atoms with Crippen molar-refractivity contribution in [1.82, 2.24) is 0 Å². The summed E-state index contributed by atoms with van der Waals surface area (Å²) < 4.78 is 0. The number of aliphatic hydroxyl groups is 1. The lowest BCUT2D eigenvalue weighted by Crippen LogP contribution is -2.32. The molecule has 1 fully saturated rings. The molecule has 94 valence electrons. The van der Waals surface area contributed by atoms with Gasteiger partial charge < -0.3 is 10.8 Å². The van der Waals surface area contributed by atoms with Gasteiger partial charge in [-0.2, -0.15) is 0 Å². The number of rotatable bonds is 4. The average molecular weight is 233 g/mol. The maximum atomic E-state index is 9.46. The molecule has 1 aliphatic carbocycles. The third-order valence-electron chi connectivity index (χ3n) is 4.02. The van der Waals surface area contributed by atoms with Crippen LogP contribution in [0.25, 0.3) is 0 Å². The summed E-state index contributed by atoms with van der Waals surface area (Å²) in [6.45, 7) is 2.58. The quantitative estimate of drug-likeness (QED) is 0.838. The second-order valence-electron chi connectivity index (χ2n) is 5.45. The number of nitrogens with two attached hydrogens (primary N) is 1. The van der Waals surface area contributed by atoms with Crippen LogP contribution in [0.4, 0.5) is 0 Å². The zero-order valence-corrected chi connectivity index (χ0v) is 10.7. The van der Waals surface area contributed by atoms with Gasteiger partial charge in [-0.25, -0.2) is 0 Å². The van der Waals surface area contributed by atoms with Gasteiger partial charge in [-0.05, 0) is 37.3 Å². The molecule has 0 radical (unpaired) electrons. The van der Waals surface area contributed by atoms with Gasteiger partial charge in [0.2, 0.25) is 0 Å². The summed E-state index contributed by atoms with van der Waals surface area (Å²) in [5, 5.41) is 9.46. The van der Waals surface area contributed by atoms with Crippen molar-refractivity contribution in [3.8, 4) is 0 Å². The van der Waals surface area contributed by atoms with Crippen molar-refractivity contribution in [1.29, 1.82) is 0 Å². The van der Waals surface area contributed by atoms with Crippen LogP contribution in [0.5, 0.6) is 0 Å². The van der Waals surface area contributed by atoms with E-state index in [0.29, 0.717) is 0 Å². The molecule has 1 unspecified atom stereocenters. The third-order valence-corrected chi connectivity index (χ3v) is 4.02. The number of hydrogen-bond acceptors (Lipinski definition) is 2. The van der Waals surface area contributed by atoms with Gasteiger partial charge >= 0.3 is 0 Å². The number of benzene rings is 1. The Labute approximate surface area is 104 Å². The van der Waals surface area contributed by atoms with E-state index >= 15 is 0 Å². The van der Waals surface area contributed by atoms with E-state index in [2.05, 4.69) is 24.3 Å². The summed E-state index contributed by atoms with van der Waals surface area (Å²) >= 11 is 0. The molecule has 0 heterocycles. The van der Waals surface area contributed by atoms with Crippen molar-refractivity contribution in [2.45, 2.75) is 50.5 Å². The monoisotopic (exact) mass is 233 g/mol. The van der Waals surface area contributed by atoms with Gasteiger partial charge in [0, 0.05) is 12.0 Å². The van der Waals surface area contributed by atoms with Crippen LogP contribution in [0.1, 0.15) is 43.7 Å². The molecule has 1 atom stereocenters. The topological polar surface area (TPSA) is 46.2 Å². The van der Waals surface area contributed by atoms with Gasteiger partial charge in [0.15, 0.2) is 0 Å². The predicted molar refractivity (Wildman–Crippen MR) is 71.0 cm³/mol. The summed E-state index contributed by atoms with van der Waals surface area (Å²) in [4.78, 5) is 0. The van der Waals surface area contributed by atoms with Crippen molar-refractivity contribution >= 4 is 0 Å². The fourth-order valence-corrected chi connectivity index (χ4v) is 3.03. The molecule has 0 spiro atoms. The summed E-state index contributed by atoms with van der Waals surface area (Å²) in [5.41, 5.74) is 8.80. The molecule has 2 rings (SSSR count). The van der Waals surface area contributed by atoms with Crippen LogP contribution in [-0.2, 0) is 11.8 Å². The van der Waals surface area contributed by atoms with Crippen molar-refractivity contribution < 1.29 is 5.11 Å². The maximum Gasteiger partial charge on any atom is 0.0552 e. The highest BCUT2D eigenvalue weighted by molar-refractivity contribution is 5.32. The average Bonchev–Trinajstić information content (AvgIpc) is 2.78. The fraction of sp³-hybridized carbons (Fsp3) is 0.600. The van der Waals surface area contributed by atoms with Crippen molar-refractivity contribution in [2.75, 3.05) is 6.54 Å². The van der Waals surface area contributed by atoms with E-state index in [0.717, 1.165) is 13.0 Å². The van der Waals surface area contributed by atoms with E-state index in [-0.39, 0.29) is 11.5 Å². The number of hydrogen-bond donors (Lipinski definition) is 2. The van der Waals surface area contributed by atoms with Crippen LogP contribution >= 0.6 is 0 Å². The Balaban J connectivity index is 2.25. The van der Waals surface area contributed by atoms with Gasteiger partial charge in [0.1, 0.15) is 0 Å². The van der Waals surface area contributed by atoms with Crippen molar-refractivity contribution in [2.24, 2.45) is 5.73 Å². The first-order valence-corrected chi connectivity index (χ1v) is 6.64. The summed E-state index contributed by atoms with van der Waals surface area (Å²) in [7, 11) is 0. The molecule has 2 nitrogen and oxygen atoms in total. The van der Waals surface area contributed by atoms with Gasteiger partial charge in [-0.15, -0.1) is 0 Å². The fourth-order valence-electron chi connectivity index (χ4n) is 3.03. The molecule has 2 heteroatoms. The molecule has 1 aliphatic rings. The Morgan fingerprint density at radius 3 is 2.65 bits per heavy atom. The van der Waals surface area contributed by atoms with Gasteiger partial charge in [-0.3, -0.25) is 0 Å². The molecule has 0 amide bonds. The molecule has 0 saturated heterocycles. The van der Waals surface area contributed by atoms with E-state index in [1.54, 1.807) is 0 Å². The van der Waals surface area contributed by atoms with Crippen LogP contribution < -0.4 is 5.73 Å². The van der Waals surface area contributed by atoms with Gasteiger partial charge in [-0.1, -0.05) is 37.1 Å². The highest BCUT2D eigenvalue weighted by atomic mass is 16.3. The minimum Gasteiger partial charge on any atom is -0.393 e. The minimum absolute atomic E-state index is 0.203. The Morgan fingerprint density at radius 1 is 1.35 bits per heavy atom. The molecule has 1 aromatic carbocycles. The van der Waals surface area contributed by atoms with Crippen LogP contribution in [0.15, 0.2) is 24.3 Å². The van der Waals surface area contributed by atoms with E-state index in [9.17, 15) is 5.11 Å². The Hall–Kier alpha value is -0.860. The lowest BCUT2D eigenvalue weighted by Gasteiger charge is -2.28. The molecular formula is C15H23NO. The van der Waals surface area contributed by atoms with E-state index < -0.39 is 0 Å².